The molecule has 1 aromatic carbocycles. The van der Waals surface area contributed by atoms with E-state index in [2.05, 4.69) is 9.72 Å². The lowest BCUT2D eigenvalue weighted by molar-refractivity contribution is -0.137. The van der Waals surface area contributed by atoms with E-state index in [-0.39, 0.29) is 16.4 Å². The van der Waals surface area contributed by atoms with Crippen molar-refractivity contribution in [1.29, 1.82) is 0 Å². The topological polar surface area (TPSA) is 61.2 Å². The Hall–Kier alpha value is -2.29. The van der Waals surface area contributed by atoms with E-state index in [1.54, 1.807) is 0 Å². The standard InChI is InChI=1S/C17H17F3N2O3S/c1-10(2)9-26-16-21-8-13(15(24)25-3)14(23)22(16)12-6-4-11(5-7-12)17(18,19)20/h4-8,10H,9H2,1-3H3. The van der Waals surface area contributed by atoms with Crippen LogP contribution in [0.2, 0.25) is 0 Å². The number of nitrogens with zero attached hydrogens (tertiary/aromatic N) is 2. The molecule has 0 spiro atoms. The number of ether oxygens (including phenoxy) is 1. The fourth-order valence-corrected chi connectivity index (χ4v) is 2.99. The van der Waals surface area contributed by atoms with Gasteiger partial charge in [0, 0.05) is 5.75 Å². The molecule has 0 saturated carbocycles. The molecule has 1 aromatic heterocycles. The van der Waals surface area contributed by atoms with Crippen LogP contribution in [0.25, 0.3) is 5.69 Å². The van der Waals surface area contributed by atoms with E-state index in [1.807, 2.05) is 13.8 Å². The van der Waals surface area contributed by atoms with E-state index in [0.29, 0.717) is 11.7 Å². The zero-order valence-corrected chi connectivity index (χ0v) is 15.1. The van der Waals surface area contributed by atoms with Gasteiger partial charge in [-0.15, -0.1) is 0 Å². The van der Waals surface area contributed by atoms with Crippen LogP contribution in [0, 0.1) is 5.92 Å². The van der Waals surface area contributed by atoms with Crippen molar-refractivity contribution in [2.75, 3.05) is 12.9 Å². The summed E-state index contributed by atoms with van der Waals surface area (Å²) in [6.07, 6.45) is -3.36. The molecule has 5 nitrogen and oxygen atoms in total. The van der Waals surface area contributed by atoms with E-state index in [4.69, 9.17) is 0 Å². The van der Waals surface area contributed by atoms with Gasteiger partial charge in [-0.05, 0) is 30.2 Å². The van der Waals surface area contributed by atoms with Crippen molar-refractivity contribution < 1.29 is 22.7 Å². The van der Waals surface area contributed by atoms with Gasteiger partial charge in [0.15, 0.2) is 5.16 Å². The number of alkyl halides is 3. The largest absolute Gasteiger partial charge is 0.465 e. The predicted octanol–water partition coefficient (Wildman–Crippen LogP) is 3.79. The van der Waals surface area contributed by atoms with Crippen LogP contribution >= 0.6 is 11.8 Å². The zero-order valence-electron chi connectivity index (χ0n) is 14.3. The van der Waals surface area contributed by atoms with Gasteiger partial charge in [0.05, 0.1) is 24.6 Å². The number of methoxy groups -OCH3 is 1. The van der Waals surface area contributed by atoms with Gasteiger partial charge in [-0.1, -0.05) is 25.6 Å². The molecule has 26 heavy (non-hydrogen) atoms. The summed E-state index contributed by atoms with van der Waals surface area (Å²) in [5.74, 6) is 0.0896. The van der Waals surface area contributed by atoms with E-state index in [9.17, 15) is 22.8 Å². The Labute approximate surface area is 152 Å². The molecule has 0 saturated heterocycles. The predicted molar refractivity (Wildman–Crippen MR) is 91.7 cm³/mol. The molecule has 0 aliphatic carbocycles. The van der Waals surface area contributed by atoms with Crippen LogP contribution in [0.5, 0.6) is 0 Å². The van der Waals surface area contributed by atoms with Gasteiger partial charge < -0.3 is 4.74 Å². The van der Waals surface area contributed by atoms with Gasteiger partial charge in [-0.25, -0.2) is 9.78 Å². The molecule has 0 radical (unpaired) electrons. The Morgan fingerprint density at radius 1 is 1.27 bits per heavy atom. The summed E-state index contributed by atoms with van der Waals surface area (Å²) in [4.78, 5) is 28.6. The Kier molecular flexibility index (Phi) is 6.12. The van der Waals surface area contributed by atoms with Crippen molar-refractivity contribution in [3.63, 3.8) is 0 Å². The molecule has 2 aromatic rings. The minimum absolute atomic E-state index is 0.188. The molecule has 2 rings (SSSR count). The van der Waals surface area contributed by atoms with Crippen LogP contribution in [0.1, 0.15) is 29.8 Å². The number of rotatable bonds is 5. The van der Waals surface area contributed by atoms with Crippen molar-refractivity contribution in [3.8, 4) is 5.69 Å². The number of benzene rings is 1. The smallest absolute Gasteiger partial charge is 0.416 e. The fourth-order valence-electron chi connectivity index (χ4n) is 2.06. The Bertz CT molecular complexity index is 846. The molecule has 0 N–H and O–H groups in total. The lowest BCUT2D eigenvalue weighted by Crippen LogP contribution is -2.28. The number of halogens is 3. The summed E-state index contributed by atoms with van der Waals surface area (Å²) in [5.41, 5.74) is -1.63. The molecule has 0 amide bonds. The molecule has 0 bridgehead atoms. The second-order valence-corrected chi connectivity index (χ2v) is 6.82. The first-order valence-corrected chi connectivity index (χ1v) is 8.64. The highest BCUT2D eigenvalue weighted by Crippen LogP contribution is 2.30. The molecule has 140 valence electrons. The third-order valence-electron chi connectivity index (χ3n) is 3.33. The minimum atomic E-state index is -4.48. The molecular formula is C17H17F3N2O3S. The summed E-state index contributed by atoms with van der Waals surface area (Å²) in [7, 11) is 1.13. The number of carbonyl (C=O) groups excluding carboxylic acids is 1. The number of carbonyl (C=O) groups is 1. The Morgan fingerprint density at radius 3 is 2.38 bits per heavy atom. The summed E-state index contributed by atoms with van der Waals surface area (Å²) in [6, 6.07) is 4.10. The number of thioether (sulfide) groups is 1. The van der Waals surface area contributed by atoms with Gasteiger partial charge in [0.1, 0.15) is 5.56 Å². The normalized spacial score (nSPS) is 11.7. The summed E-state index contributed by atoms with van der Waals surface area (Å²) >= 11 is 1.28. The maximum Gasteiger partial charge on any atom is 0.416 e. The van der Waals surface area contributed by atoms with E-state index < -0.39 is 23.3 Å². The molecule has 0 fully saturated rings. The van der Waals surface area contributed by atoms with Gasteiger partial charge in [-0.2, -0.15) is 13.2 Å². The molecule has 9 heteroatoms. The number of aromatic nitrogens is 2. The number of hydrogen-bond acceptors (Lipinski definition) is 5. The molecular weight excluding hydrogens is 369 g/mol. The quantitative estimate of drug-likeness (QED) is 0.445. The first kappa shape index (κ1) is 20.0. The third kappa shape index (κ3) is 4.46. The first-order valence-electron chi connectivity index (χ1n) is 7.66. The van der Waals surface area contributed by atoms with Gasteiger partial charge in [0.2, 0.25) is 0 Å². The Morgan fingerprint density at radius 2 is 1.88 bits per heavy atom. The van der Waals surface area contributed by atoms with Crippen molar-refractivity contribution in [2.24, 2.45) is 5.92 Å². The van der Waals surface area contributed by atoms with Crippen LogP contribution in [-0.4, -0.2) is 28.4 Å². The van der Waals surface area contributed by atoms with Crippen LogP contribution in [-0.2, 0) is 10.9 Å². The van der Waals surface area contributed by atoms with Crippen molar-refractivity contribution in [1.82, 2.24) is 9.55 Å². The number of esters is 1. The molecule has 0 unspecified atom stereocenters. The molecule has 0 atom stereocenters. The number of hydrogen-bond donors (Lipinski definition) is 0. The van der Waals surface area contributed by atoms with E-state index in [0.717, 1.165) is 30.0 Å². The fraction of sp³-hybridized carbons (Fsp3) is 0.353. The second kappa shape index (κ2) is 7.94. The van der Waals surface area contributed by atoms with Crippen molar-refractivity contribution >= 4 is 17.7 Å². The Balaban J connectivity index is 2.58. The summed E-state index contributed by atoms with van der Waals surface area (Å²) in [6.45, 7) is 3.97. The van der Waals surface area contributed by atoms with Crippen molar-refractivity contribution in [2.45, 2.75) is 25.2 Å². The third-order valence-corrected chi connectivity index (χ3v) is 4.71. The summed E-state index contributed by atoms with van der Waals surface area (Å²) < 4.78 is 44.0. The van der Waals surface area contributed by atoms with Crippen LogP contribution in [0.3, 0.4) is 0 Å². The highest BCUT2D eigenvalue weighted by molar-refractivity contribution is 7.99. The SMILES string of the molecule is COC(=O)c1cnc(SCC(C)C)n(-c2ccc(C(F)(F)F)cc2)c1=O. The zero-order chi connectivity index (χ0) is 19.5. The van der Waals surface area contributed by atoms with Crippen LogP contribution in [0.15, 0.2) is 40.4 Å². The van der Waals surface area contributed by atoms with Crippen LogP contribution < -0.4 is 5.56 Å². The minimum Gasteiger partial charge on any atom is -0.465 e. The lowest BCUT2D eigenvalue weighted by Gasteiger charge is -2.14. The van der Waals surface area contributed by atoms with Crippen molar-refractivity contribution in [3.05, 3.63) is 51.9 Å². The average Bonchev–Trinajstić information content (AvgIpc) is 2.58. The summed E-state index contributed by atoms with van der Waals surface area (Å²) in [5, 5.41) is 0.288. The highest BCUT2D eigenvalue weighted by Gasteiger charge is 2.30. The highest BCUT2D eigenvalue weighted by atomic mass is 32.2. The van der Waals surface area contributed by atoms with Gasteiger partial charge in [-0.3, -0.25) is 9.36 Å². The average molecular weight is 386 g/mol. The van der Waals surface area contributed by atoms with Gasteiger partial charge >= 0.3 is 12.1 Å². The van der Waals surface area contributed by atoms with E-state index >= 15 is 0 Å². The molecule has 0 aliphatic rings. The van der Waals surface area contributed by atoms with Gasteiger partial charge in [0.25, 0.3) is 5.56 Å². The van der Waals surface area contributed by atoms with E-state index in [1.165, 1.54) is 23.9 Å². The molecule has 0 aliphatic heterocycles. The second-order valence-electron chi connectivity index (χ2n) is 5.84. The van der Waals surface area contributed by atoms with Crippen LogP contribution in [0.4, 0.5) is 13.2 Å². The first-order chi connectivity index (χ1) is 12.1. The maximum absolute atomic E-state index is 12.8. The molecule has 1 heterocycles. The maximum atomic E-state index is 12.8. The monoisotopic (exact) mass is 386 g/mol. The lowest BCUT2D eigenvalue weighted by atomic mass is 10.2.